The number of carbonyl (C=O) groups excluding carboxylic acids is 1. The van der Waals surface area contributed by atoms with Crippen molar-refractivity contribution in [2.45, 2.75) is 19.6 Å². The molecular weight excluding hydrogens is 271 g/mol. The van der Waals surface area contributed by atoms with Crippen molar-refractivity contribution in [3.05, 3.63) is 47.5 Å². The van der Waals surface area contributed by atoms with Crippen molar-refractivity contribution in [3.8, 4) is 0 Å². The van der Waals surface area contributed by atoms with Gasteiger partial charge in [-0.15, -0.1) is 0 Å². The van der Waals surface area contributed by atoms with Gasteiger partial charge >= 0.3 is 6.18 Å². The molecule has 7 heteroatoms. The zero-order valence-electron chi connectivity index (χ0n) is 10.6. The summed E-state index contributed by atoms with van der Waals surface area (Å²) in [7, 11) is 0. The van der Waals surface area contributed by atoms with Crippen LogP contribution in [0, 0.1) is 0 Å². The molecule has 0 aliphatic carbocycles. The Morgan fingerprint density at radius 3 is 2.70 bits per heavy atom. The summed E-state index contributed by atoms with van der Waals surface area (Å²) in [4.78, 5) is 16.1. The molecule has 1 heterocycles. The van der Waals surface area contributed by atoms with Crippen LogP contribution in [0.1, 0.15) is 28.7 Å². The molecule has 0 atom stereocenters. The van der Waals surface area contributed by atoms with Gasteiger partial charge in [-0.3, -0.25) is 4.79 Å². The number of benzene rings is 1. The lowest BCUT2D eigenvalue weighted by Gasteiger charge is -2.11. The Bertz CT molecular complexity index is 647. The van der Waals surface area contributed by atoms with Crippen molar-refractivity contribution in [1.29, 1.82) is 0 Å². The number of carbonyl (C=O) groups is 1. The zero-order valence-corrected chi connectivity index (χ0v) is 10.6. The number of ketones is 1. The number of nitrogens with zero attached hydrogens (tertiary/aromatic N) is 2. The molecule has 0 radical (unpaired) electrons. The van der Waals surface area contributed by atoms with E-state index in [1.807, 2.05) is 0 Å². The van der Waals surface area contributed by atoms with Gasteiger partial charge in [-0.25, -0.2) is 4.98 Å². The topological polar surface area (TPSA) is 60.9 Å². The van der Waals surface area contributed by atoms with Crippen LogP contribution in [0.15, 0.2) is 30.6 Å². The standard InChI is InChI=1S/C13H12F3N3O/c1-2-19-6-5-18-12(19)11(20)9-7-8(13(14,15)16)3-4-10(9)17/h3-7H,2,17H2,1H3. The van der Waals surface area contributed by atoms with Crippen LogP contribution in [-0.4, -0.2) is 15.3 Å². The molecule has 0 unspecified atom stereocenters. The van der Waals surface area contributed by atoms with Gasteiger partial charge in [0, 0.05) is 30.2 Å². The highest BCUT2D eigenvalue weighted by atomic mass is 19.4. The highest BCUT2D eigenvalue weighted by molar-refractivity contribution is 6.10. The second-order valence-corrected chi connectivity index (χ2v) is 4.17. The Morgan fingerprint density at radius 1 is 1.40 bits per heavy atom. The maximum absolute atomic E-state index is 12.7. The van der Waals surface area contributed by atoms with Crippen molar-refractivity contribution in [3.63, 3.8) is 0 Å². The van der Waals surface area contributed by atoms with Gasteiger partial charge in [-0.1, -0.05) is 0 Å². The van der Waals surface area contributed by atoms with E-state index in [0.29, 0.717) is 6.54 Å². The lowest BCUT2D eigenvalue weighted by molar-refractivity contribution is -0.137. The minimum absolute atomic E-state index is 0.00588. The molecule has 20 heavy (non-hydrogen) atoms. The first-order valence-electron chi connectivity index (χ1n) is 5.87. The van der Waals surface area contributed by atoms with Crippen LogP contribution >= 0.6 is 0 Å². The second kappa shape index (κ2) is 4.99. The Morgan fingerprint density at radius 2 is 2.10 bits per heavy atom. The van der Waals surface area contributed by atoms with Gasteiger partial charge in [-0.05, 0) is 25.1 Å². The predicted octanol–water partition coefficient (Wildman–Crippen LogP) is 2.74. The maximum atomic E-state index is 12.7. The number of aromatic nitrogens is 2. The van der Waals surface area contributed by atoms with Crippen LogP contribution in [-0.2, 0) is 12.7 Å². The van der Waals surface area contributed by atoms with Gasteiger partial charge in [0.15, 0.2) is 5.82 Å². The van der Waals surface area contributed by atoms with E-state index < -0.39 is 17.5 Å². The minimum Gasteiger partial charge on any atom is -0.398 e. The van der Waals surface area contributed by atoms with Crippen LogP contribution in [0.3, 0.4) is 0 Å². The number of hydrogen-bond acceptors (Lipinski definition) is 3. The molecule has 0 spiro atoms. The van der Waals surface area contributed by atoms with Crippen molar-refractivity contribution in [2.75, 3.05) is 5.73 Å². The third kappa shape index (κ3) is 2.52. The smallest absolute Gasteiger partial charge is 0.398 e. The molecule has 1 aromatic carbocycles. The number of anilines is 1. The Balaban J connectivity index is 2.50. The number of halogens is 3. The number of nitrogen functional groups attached to an aromatic ring is 1. The van der Waals surface area contributed by atoms with Crippen molar-refractivity contribution in [1.82, 2.24) is 9.55 Å². The summed E-state index contributed by atoms with van der Waals surface area (Å²) in [5, 5.41) is 0. The van der Waals surface area contributed by atoms with E-state index in [2.05, 4.69) is 4.98 Å². The van der Waals surface area contributed by atoms with E-state index in [1.165, 1.54) is 6.20 Å². The Labute approximate surface area is 113 Å². The summed E-state index contributed by atoms with van der Waals surface area (Å²) >= 11 is 0. The highest BCUT2D eigenvalue weighted by Crippen LogP contribution is 2.31. The van der Waals surface area contributed by atoms with Gasteiger partial charge in [0.05, 0.1) is 5.56 Å². The summed E-state index contributed by atoms with van der Waals surface area (Å²) in [6.07, 6.45) is -1.53. The highest BCUT2D eigenvalue weighted by Gasteiger charge is 2.32. The maximum Gasteiger partial charge on any atom is 0.416 e. The average Bonchev–Trinajstić information content (AvgIpc) is 2.85. The fourth-order valence-corrected chi connectivity index (χ4v) is 1.82. The van der Waals surface area contributed by atoms with E-state index in [0.717, 1.165) is 18.2 Å². The van der Waals surface area contributed by atoms with Gasteiger partial charge in [0.25, 0.3) is 0 Å². The van der Waals surface area contributed by atoms with E-state index in [-0.39, 0.29) is 17.1 Å². The number of rotatable bonds is 3. The van der Waals surface area contributed by atoms with Gasteiger partial charge < -0.3 is 10.3 Å². The average molecular weight is 283 g/mol. The summed E-state index contributed by atoms with van der Waals surface area (Å²) in [6.45, 7) is 2.29. The summed E-state index contributed by atoms with van der Waals surface area (Å²) in [5.74, 6) is -0.557. The molecule has 2 N–H and O–H groups in total. The van der Waals surface area contributed by atoms with E-state index in [4.69, 9.17) is 5.73 Å². The summed E-state index contributed by atoms with van der Waals surface area (Å²) in [5.41, 5.74) is 4.49. The van der Waals surface area contributed by atoms with E-state index in [1.54, 1.807) is 17.7 Å². The first-order chi connectivity index (χ1) is 9.34. The molecule has 0 fully saturated rings. The largest absolute Gasteiger partial charge is 0.416 e. The van der Waals surface area contributed by atoms with Crippen LogP contribution in [0.5, 0.6) is 0 Å². The lowest BCUT2D eigenvalue weighted by Crippen LogP contribution is -2.14. The van der Waals surface area contributed by atoms with Crippen molar-refractivity contribution < 1.29 is 18.0 Å². The normalized spacial score (nSPS) is 11.6. The quantitative estimate of drug-likeness (QED) is 0.696. The zero-order chi connectivity index (χ0) is 14.9. The van der Waals surface area contributed by atoms with Crippen LogP contribution < -0.4 is 5.73 Å². The molecule has 4 nitrogen and oxygen atoms in total. The van der Waals surface area contributed by atoms with Gasteiger partial charge in [0.1, 0.15) is 0 Å². The van der Waals surface area contributed by atoms with Crippen LogP contribution in [0.25, 0.3) is 0 Å². The number of nitrogens with two attached hydrogens (primary N) is 1. The van der Waals surface area contributed by atoms with Gasteiger partial charge in [-0.2, -0.15) is 13.2 Å². The van der Waals surface area contributed by atoms with Crippen molar-refractivity contribution >= 4 is 11.5 Å². The molecule has 2 aromatic rings. The fraction of sp³-hybridized carbons (Fsp3) is 0.231. The van der Waals surface area contributed by atoms with Crippen LogP contribution in [0.2, 0.25) is 0 Å². The third-order valence-corrected chi connectivity index (χ3v) is 2.88. The number of aryl methyl sites for hydroxylation is 1. The second-order valence-electron chi connectivity index (χ2n) is 4.17. The molecular formula is C13H12F3N3O. The third-order valence-electron chi connectivity index (χ3n) is 2.88. The number of imidazole rings is 1. The molecule has 1 aromatic heterocycles. The predicted molar refractivity (Wildman–Crippen MR) is 67.2 cm³/mol. The fourth-order valence-electron chi connectivity index (χ4n) is 1.82. The molecule has 0 aliphatic rings. The molecule has 0 bridgehead atoms. The summed E-state index contributed by atoms with van der Waals surface area (Å²) in [6, 6.07) is 2.68. The molecule has 0 aliphatic heterocycles. The number of alkyl halides is 3. The number of hydrogen-bond donors (Lipinski definition) is 1. The first-order valence-corrected chi connectivity index (χ1v) is 5.87. The Hall–Kier alpha value is -2.31. The van der Waals surface area contributed by atoms with E-state index >= 15 is 0 Å². The van der Waals surface area contributed by atoms with Crippen LogP contribution in [0.4, 0.5) is 18.9 Å². The minimum atomic E-state index is -4.52. The molecule has 0 saturated carbocycles. The molecule has 0 saturated heterocycles. The van der Waals surface area contributed by atoms with E-state index in [9.17, 15) is 18.0 Å². The molecule has 106 valence electrons. The first kappa shape index (κ1) is 14.1. The van der Waals surface area contributed by atoms with Crippen molar-refractivity contribution in [2.24, 2.45) is 0 Å². The monoisotopic (exact) mass is 283 g/mol. The summed E-state index contributed by atoms with van der Waals surface area (Å²) < 4.78 is 39.6. The Kier molecular flexibility index (Phi) is 3.52. The molecule has 0 amide bonds. The molecule has 2 rings (SSSR count). The van der Waals surface area contributed by atoms with Gasteiger partial charge in [0.2, 0.25) is 5.78 Å². The SMILES string of the molecule is CCn1ccnc1C(=O)c1cc(C(F)(F)F)ccc1N. The lowest BCUT2D eigenvalue weighted by atomic mass is 10.0.